The largest absolute Gasteiger partial charge is 0.496 e. The quantitative estimate of drug-likeness (QED) is 0.775. The van der Waals surface area contributed by atoms with Crippen LogP contribution in [-0.2, 0) is 0 Å². The van der Waals surface area contributed by atoms with Crippen LogP contribution in [0.5, 0.6) is 17.2 Å². The Balaban J connectivity index is 2.51. The van der Waals surface area contributed by atoms with Gasteiger partial charge >= 0.3 is 0 Å². The van der Waals surface area contributed by atoms with Crippen LogP contribution in [0.4, 0.5) is 0 Å². The lowest BCUT2D eigenvalue weighted by Crippen LogP contribution is -2.26. The van der Waals surface area contributed by atoms with Crippen molar-refractivity contribution in [1.82, 2.24) is 0 Å². The van der Waals surface area contributed by atoms with E-state index >= 15 is 0 Å². The Hall–Kier alpha value is -1.38. The minimum Gasteiger partial charge on any atom is -0.496 e. The monoisotopic (exact) mass is 306 g/mol. The molecule has 1 aromatic rings. The van der Waals surface area contributed by atoms with Crippen LogP contribution in [0.15, 0.2) is 12.1 Å². The second-order valence-electron chi connectivity index (χ2n) is 6.88. The lowest BCUT2D eigenvalue weighted by molar-refractivity contribution is 0.191. The maximum Gasteiger partial charge on any atom is 0.129 e. The van der Waals surface area contributed by atoms with Crippen LogP contribution in [0.25, 0.3) is 0 Å². The zero-order chi connectivity index (χ0) is 16.3. The predicted molar refractivity (Wildman–Crippen MR) is 90.2 cm³/mol. The van der Waals surface area contributed by atoms with E-state index in [1.54, 1.807) is 21.3 Å². The van der Waals surface area contributed by atoms with E-state index < -0.39 is 0 Å². The Morgan fingerprint density at radius 3 is 2.00 bits per heavy atom. The molecule has 0 heterocycles. The summed E-state index contributed by atoms with van der Waals surface area (Å²) in [6, 6.07) is 3.96. The van der Waals surface area contributed by atoms with Gasteiger partial charge in [-0.3, -0.25) is 0 Å². The molecule has 1 aliphatic carbocycles. The van der Waals surface area contributed by atoms with Crippen molar-refractivity contribution in [1.29, 1.82) is 0 Å². The molecule has 3 nitrogen and oxygen atoms in total. The molecular formula is C19H30O3. The smallest absolute Gasteiger partial charge is 0.129 e. The number of methoxy groups -OCH3 is 3. The summed E-state index contributed by atoms with van der Waals surface area (Å²) in [5.41, 5.74) is 1.22. The van der Waals surface area contributed by atoms with Crippen LogP contribution >= 0.6 is 0 Å². The molecule has 3 heteroatoms. The van der Waals surface area contributed by atoms with Crippen LogP contribution in [0, 0.1) is 17.8 Å². The van der Waals surface area contributed by atoms with E-state index in [0.29, 0.717) is 17.8 Å². The standard InChI is InChI=1S/C19H30O3/c1-12(2)15-8-7-13(3)9-16(15)19-17(21-5)10-14(20-4)11-18(19)22-6/h10-13,15-16H,7-9H2,1-6H3/t13-,15+,16-/m1/s1. The van der Waals surface area contributed by atoms with Gasteiger partial charge in [0.2, 0.25) is 0 Å². The number of hydrogen-bond donors (Lipinski definition) is 0. The van der Waals surface area contributed by atoms with Crippen molar-refractivity contribution in [3.05, 3.63) is 17.7 Å². The summed E-state index contributed by atoms with van der Waals surface area (Å²) in [5.74, 6) is 5.13. The van der Waals surface area contributed by atoms with Gasteiger partial charge in [0, 0.05) is 17.7 Å². The highest BCUT2D eigenvalue weighted by Gasteiger charge is 2.35. The molecular weight excluding hydrogens is 276 g/mol. The van der Waals surface area contributed by atoms with E-state index in [2.05, 4.69) is 20.8 Å². The topological polar surface area (TPSA) is 27.7 Å². The van der Waals surface area contributed by atoms with Gasteiger partial charge in [0.25, 0.3) is 0 Å². The molecule has 124 valence electrons. The third-order valence-electron chi connectivity index (χ3n) is 5.15. The van der Waals surface area contributed by atoms with Crippen molar-refractivity contribution in [2.45, 2.75) is 46.0 Å². The van der Waals surface area contributed by atoms with E-state index in [-0.39, 0.29) is 0 Å². The molecule has 22 heavy (non-hydrogen) atoms. The highest BCUT2D eigenvalue weighted by atomic mass is 16.5. The van der Waals surface area contributed by atoms with Crippen LogP contribution in [0.2, 0.25) is 0 Å². The van der Waals surface area contributed by atoms with Gasteiger partial charge < -0.3 is 14.2 Å². The van der Waals surface area contributed by atoms with Gasteiger partial charge in [-0.05, 0) is 36.5 Å². The van der Waals surface area contributed by atoms with Gasteiger partial charge in [0.05, 0.1) is 21.3 Å². The molecule has 0 N–H and O–H groups in total. The molecule has 3 atom stereocenters. The molecule has 0 spiro atoms. The molecule has 1 aromatic carbocycles. The third kappa shape index (κ3) is 3.34. The van der Waals surface area contributed by atoms with Crippen LogP contribution in [0.3, 0.4) is 0 Å². The Bertz CT molecular complexity index is 470. The first-order chi connectivity index (χ1) is 10.5. The molecule has 0 aromatic heterocycles. The molecule has 0 radical (unpaired) electrons. The fourth-order valence-corrected chi connectivity index (χ4v) is 3.93. The normalized spacial score (nSPS) is 25.1. The van der Waals surface area contributed by atoms with Crippen LogP contribution in [-0.4, -0.2) is 21.3 Å². The predicted octanol–water partition coefficient (Wildman–Crippen LogP) is 4.89. The summed E-state index contributed by atoms with van der Waals surface area (Å²) in [7, 11) is 5.14. The Labute approximate surface area is 135 Å². The zero-order valence-corrected chi connectivity index (χ0v) is 14.8. The van der Waals surface area contributed by atoms with E-state index in [4.69, 9.17) is 14.2 Å². The van der Waals surface area contributed by atoms with Gasteiger partial charge in [0.15, 0.2) is 0 Å². The van der Waals surface area contributed by atoms with E-state index in [1.807, 2.05) is 12.1 Å². The minimum absolute atomic E-state index is 0.486. The highest BCUT2D eigenvalue weighted by Crippen LogP contribution is 2.50. The fourth-order valence-electron chi connectivity index (χ4n) is 3.93. The maximum atomic E-state index is 5.69. The van der Waals surface area contributed by atoms with Gasteiger partial charge in [-0.1, -0.05) is 27.2 Å². The van der Waals surface area contributed by atoms with Crippen LogP contribution in [0.1, 0.15) is 51.5 Å². The lowest BCUT2D eigenvalue weighted by Gasteiger charge is -2.38. The fraction of sp³-hybridized carbons (Fsp3) is 0.684. The maximum absolute atomic E-state index is 5.69. The Morgan fingerprint density at radius 1 is 0.955 bits per heavy atom. The number of rotatable bonds is 5. The SMILES string of the molecule is COc1cc(OC)c([C@@H]2C[C@H](C)CC[C@H]2C(C)C)c(OC)c1. The van der Waals surface area contributed by atoms with Crippen LogP contribution < -0.4 is 14.2 Å². The number of benzene rings is 1. The summed E-state index contributed by atoms with van der Waals surface area (Å²) in [6.45, 7) is 7.01. The number of hydrogen-bond acceptors (Lipinski definition) is 3. The lowest BCUT2D eigenvalue weighted by atomic mass is 9.67. The molecule has 2 rings (SSSR count). The summed E-state index contributed by atoms with van der Waals surface area (Å²) >= 11 is 0. The van der Waals surface area contributed by atoms with Crippen molar-refractivity contribution >= 4 is 0 Å². The van der Waals surface area contributed by atoms with E-state index in [1.165, 1.54) is 24.8 Å². The Kier molecular flexibility index (Phi) is 5.60. The highest BCUT2D eigenvalue weighted by molar-refractivity contribution is 5.53. The third-order valence-corrected chi connectivity index (χ3v) is 5.15. The van der Waals surface area contributed by atoms with Crippen molar-refractivity contribution in [3.63, 3.8) is 0 Å². The summed E-state index contributed by atoms with van der Waals surface area (Å²) in [4.78, 5) is 0. The van der Waals surface area contributed by atoms with Gasteiger partial charge in [0.1, 0.15) is 17.2 Å². The first-order valence-corrected chi connectivity index (χ1v) is 8.31. The zero-order valence-electron chi connectivity index (χ0n) is 14.8. The molecule has 0 amide bonds. The average molecular weight is 306 g/mol. The minimum atomic E-state index is 0.486. The molecule has 0 bridgehead atoms. The molecule has 0 saturated heterocycles. The van der Waals surface area contributed by atoms with Crippen molar-refractivity contribution in [2.75, 3.05) is 21.3 Å². The van der Waals surface area contributed by atoms with E-state index in [9.17, 15) is 0 Å². The van der Waals surface area contributed by atoms with E-state index in [0.717, 1.165) is 23.2 Å². The summed E-state index contributed by atoms with van der Waals surface area (Å²) in [6.07, 6.45) is 3.80. The van der Waals surface area contributed by atoms with Crippen molar-refractivity contribution < 1.29 is 14.2 Å². The molecule has 1 aliphatic rings. The van der Waals surface area contributed by atoms with Crippen molar-refractivity contribution in [3.8, 4) is 17.2 Å². The number of ether oxygens (including phenoxy) is 3. The second-order valence-corrected chi connectivity index (χ2v) is 6.88. The molecule has 0 unspecified atom stereocenters. The Morgan fingerprint density at radius 2 is 1.55 bits per heavy atom. The van der Waals surface area contributed by atoms with Crippen molar-refractivity contribution in [2.24, 2.45) is 17.8 Å². The second kappa shape index (κ2) is 7.26. The van der Waals surface area contributed by atoms with Gasteiger partial charge in [-0.2, -0.15) is 0 Å². The first kappa shape index (κ1) is 17.0. The summed E-state index contributed by atoms with van der Waals surface area (Å²) in [5, 5.41) is 0. The first-order valence-electron chi connectivity index (χ1n) is 8.31. The average Bonchev–Trinajstić information content (AvgIpc) is 2.52. The molecule has 1 fully saturated rings. The molecule has 0 aliphatic heterocycles. The van der Waals surface area contributed by atoms with Gasteiger partial charge in [-0.15, -0.1) is 0 Å². The summed E-state index contributed by atoms with van der Waals surface area (Å²) < 4.78 is 16.8. The molecule has 1 saturated carbocycles. The van der Waals surface area contributed by atoms with Gasteiger partial charge in [-0.25, -0.2) is 0 Å².